The third-order valence-corrected chi connectivity index (χ3v) is 3.33. The number of carbonyl (C=O) groups excluding carboxylic acids is 1. The second-order valence-electron chi connectivity index (χ2n) is 4.07. The van der Waals surface area contributed by atoms with E-state index in [0.717, 1.165) is 6.42 Å². The Morgan fingerprint density at radius 3 is 2.88 bits per heavy atom. The van der Waals surface area contributed by atoms with Crippen LogP contribution in [0.2, 0.25) is 5.02 Å². The molecule has 1 aromatic rings. The molecule has 1 saturated heterocycles. The first-order valence-corrected chi connectivity index (χ1v) is 5.68. The normalized spacial score (nSPS) is 24.6. The number of hydrogen-bond acceptors (Lipinski definition) is 3. The number of Topliss-reactive ketones (excluding diaryl/α,β-unsaturated/α-hetero) is 1. The number of anilines is 1. The van der Waals surface area contributed by atoms with E-state index in [1.165, 1.54) is 0 Å². The lowest BCUT2D eigenvalue weighted by atomic mass is 9.92. The molecule has 3 nitrogen and oxygen atoms in total. The average Bonchev–Trinajstić information content (AvgIpc) is 2.67. The van der Waals surface area contributed by atoms with E-state index in [2.05, 4.69) is 0 Å². The molecule has 1 aromatic carbocycles. The summed E-state index contributed by atoms with van der Waals surface area (Å²) >= 11 is 5.89. The zero-order valence-corrected chi connectivity index (χ0v) is 9.83. The topological polar surface area (TPSA) is 52.3 Å². The van der Waals surface area contributed by atoms with Crippen molar-refractivity contribution >= 4 is 23.1 Å². The highest BCUT2D eigenvalue weighted by Crippen LogP contribution is 2.27. The minimum Gasteiger partial charge on any atom is -0.398 e. The van der Waals surface area contributed by atoms with E-state index in [1.807, 2.05) is 6.92 Å². The van der Waals surface area contributed by atoms with Crippen molar-refractivity contribution in [1.29, 1.82) is 0 Å². The van der Waals surface area contributed by atoms with Gasteiger partial charge in [-0.2, -0.15) is 0 Å². The van der Waals surface area contributed by atoms with E-state index in [-0.39, 0.29) is 17.8 Å². The lowest BCUT2D eigenvalue weighted by Gasteiger charge is -2.13. The van der Waals surface area contributed by atoms with Crippen molar-refractivity contribution in [2.45, 2.75) is 19.4 Å². The molecule has 16 heavy (non-hydrogen) atoms. The number of hydrogen-bond donors (Lipinski definition) is 1. The largest absolute Gasteiger partial charge is 0.398 e. The highest BCUT2D eigenvalue weighted by Gasteiger charge is 2.31. The summed E-state index contributed by atoms with van der Waals surface area (Å²) in [5.41, 5.74) is 6.71. The van der Waals surface area contributed by atoms with Gasteiger partial charge in [0.05, 0.1) is 22.7 Å². The van der Waals surface area contributed by atoms with Gasteiger partial charge >= 0.3 is 0 Å². The van der Waals surface area contributed by atoms with Crippen LogP contribution in [0.1, 0.15) is 23.7 Å². The number of ketones is 1. The van der Waals surface area contributed by atoms with Crippen LogP contribution in [0.25, 0.3) is 0 Å². The van der Waals surface area contributed by atoms with E-state index in [0.29, 0.717) is 22.9 Å². The minimum absolute atomic E-state index is 0.0103. The van der Waals surface area contributed by atoms with Crippen molar-refractivity contribution in [2.75, 3.05) is 12.3 Å². The monoisotopic (exact) mass is 239 g/mol. The Morgan fingerprint density at radius 2 is 2.31 bits per heavy atom. The highest BCUT2D eigenvalue weighted by atomic mass is 35.5. The first kappa shape index (κ1) is 11.4. The van der Waals surface area contributed by atoms with Crippen LogP contribution in [-0.2, 0) is 4.74 Å². The summed E-state index contributed by atoms with van der Waals surface area (Å²) in [5.74, 6) is 0.0339. The molecule has 0 saturated carbocycles. The average molecular weight is 240 g/mol. The molecule has 2 N–H and O–H groups in total. The summed E-state index contributed by atoms with van der Waals surface area (Å²) in [5, 5.41) is 0.428. The third kappa shape index (κ3) is 2.06. The number of benzene rings is 1. The quantitative estimate of drug-likeness (QED) is 0.637. The predicted octanol–water partition coefficient (Wildman–Crippen LogP) is 2.53. The molecular formula is C12H14ClNO2. The van der Waals surface area contributed by atoms with Crippen molar-refractivity contribution in [3.05, 3.63) is 28.8 Å². The van der Waals surface area contributed by atoms with Crippen LogP contribution >= 0.6 is 11.6 Å². The zero-order valence-electron chi connectivity index (χ0n) is 9.07. The van der Waals surface area contributed by atoms with Gasteiger partial charge in [0.1, 0.15) is 0 Å². The second kappa shape index (κ2) is 4.44. The van der Waals surface area contributed by atoms with Crippen molar-refractivity contribution in [3.63, 3.8) is 0 Å². The van der Waals surface area contributed by atoms with E-state index >= 15 is 0 Å². The van der Waals surface area contributed by atoms with Crippen LogP contribution in [0.5, 0.6) is 0 Å². The molecule has 86 valence electrons. The summed E-state index contributed by atoms with van der Waals surface area (Å²) in [7, 11) is 0. The van der Waals surface area contributed by atoms with Gasteiger partial charge in [-0.05, 0) is 31.5 Å². The van der Waals surface area contributed by atoms with Gasteiger partial charge in [-0.3, -0.25) is 4.79 Å². The summed E-state index contributed by atoms with van der Waals surface area (Å²) in [6.07, 6.45) is 0.769. The molecule has 0 aliphatic carbocycles. The van der Waals surface area contributed by atoms with Gasteiger partial charge < -0.3 is 10.5 Å². The Bertz CT molecular complexity index is 419. The number of nitrogens with two attached hydrogens (primary N) is 1. The fourth-order valence-electron chi connectivity index (χ4n) is 1.97. The molecule has 0 bridgehead atoms. The summed E-state index contributed by atoms with van der Waals surface area (Å²) in [6, 6.07) is 5.01. The molecule has 1 aliphatic rings. The second-order valence-corrected chi connectivity index (χ2v) is 4.48. The maximum atomic E-state index is 12.1. The summed E-state index contributed by atoms with van der Waals surface area (Å²) in [6.45, 7) is 2.58. The van der Waals surface area contributed by atoms with Gasteiger partial charge in [-0.25, -0.2) is 0 Å². The first-order valence-electron chi connectivity index (χ1n) is 5.30. The Morgan fingerprint density at radius 1 is 1.56 bits per heavy atom. The molecule has 0 spiro atoms. The lowest BCUT2D eigenvalue weighted by Crippen LogP contribution is -2.21. The molecule has 1 heterocycles. The molecule has 0 amide bonds. The van der Waals surface area contributed by atoms with E-state index in [1.54, 1.807) is 18.2 Å². The van der Waals surface area contributed by atoms with Crippen LogP contribution in [0.15, 0.2) is 18.2 Å². The molecule has 0 aromatic heterocycles. The number of nitrogen functional groups attached to an aromatic ring is 1. The molecule has 4 heteroatoms. The van der Waals surface area contributed by atoms with Crippen LogP contribution in [-0.4, -0.2) is 18.5 Å². The SMILES string of the molecule is CC1OCCC1C(=O)c1ccc(N)c(Cl)c1. The maximum absolute atomic E-state index is 12.1. The van der Waals surface area contributed by atoms with E-state index in [4.69, 9.17) is 22.1 Å². The van der Waals surface area contributed by atoms with Gasteiger partial charge in [-0.15, -0.1) is 0 Å². The van der Waals surface area contributed by atoms with Crippen LogP contribution in [0.4, 0.5) is 5.69 Å². The standard InChI is InChI=1S/C12H14ClNO2/c1-7-9(4-5-16-7)12(15)8-2-3-11(14)10(13)6-8/h2-3,6-7,9H,4-5,14H2,1H3. The summed E-state index contributed by atoms with van der Waals surface area (Å²) < 4.78 is 5.38. The fraction of sp³-hybridized carbons (Fsp3) is 0.417. The molecule has 1 fully saturated rings. The smallest absolute Gasteiger partial charge is 0.168 e. The maximum Gasteiger partial charge on any atom is 0.168 e. The van der Waals surface area contributed by atoms with E-state index in [9.17, 15) is 4.79 Å². The van der Waals surface area contributed by atoms with Crippen molar-refractivity contribution in [3.8, 4) is 0 Å². The minimum atomic E-state index is -0.0558. The van der Waals surface area contributed by atoms with Gasteiger partial charge in [-0.1, -0.05) is 11.6 Å². The fourth-order valence-corrected chi connectivity index (χ4v) is 2.15. The Hall–Kier alpha value is -1.06. The van der Waals surface area contributed by atoms with Crippen LogP contribution < -0.4 is 5.73 Å². The van der Waals surface area contributed by atoms with Gasteiger partial charge in [0, 0.05) is 12.2 Å². The van der Waals surface area contributed by atoms with E-state index < -0.39 is 0 Å². The Labute approximate surface area is 99.5 Å². The van der Waals surface area contributed by atoms with Crippen molar-refractivity contribution in [2.24, 2.45) is 5.92 Å². The molecule has 0 radical (unpaired) electrons. The predicted molar refractivity (Wildman–Crippen MR) is 63.7 cm³/mol. The summed E-state index contributed by atoms with van der Waals surface area (Å²) in [4.78, 5) is 12.1. The Balaban J connectivity index is 2.23. The number of ether oxygens (including phenoxy) is 1. The van der Waals surface area contributed by atoms with Crippen LogP contribution in [0.3, 0.4) is 0 Å². The number of carbonyl (C=O) groups is 1. The zero-order chi connectivity index (χ0) is 11.7. The van der Waals surface area contributed by atoms with Gasteiger partial charge in [0.15, 0.2) is 5.78 Å². The molecule has 1 aliphatic heterocycles. The molecule has 2 rings (SSSR count). The number of rotatable bonds is 2. The molecule has 2 atom stereocenters. The molecular weight excluding hydrogens is 226 g/mol. The Kier molecular flexibility index (Phi) is 3.17. The highest BCUT2D eigenvalue weighted by molar-refractivity contribution is 6.33. The number of halogens is 1. The van der Waals surface area contributed by atoms with Gasteiger partial charge in [0.25, 0.3) is 0 Å². The van der Waals surface area contributed by atoms with Crippen molar-refractivity contribution < 1.29 is 9.53 Å². The van der Waals surface area contributed by atoms with Gasteiger partial charge in [0.2, 0.25) is 0 Å². The third-order valence-electron chi connectivity index (χ3n) is 3.00. The molecule has 2 unspecified atom stereocenters. The first-order chi connectivity index (χ1) is 7.59. The van der Waals surface area contributed by atoms with Crippen LogP contribution in [0, 0.1) is 5.92 Å². The van der Waals surface area contributed by atoms with Crippen molar-refractivity contribution in [1.82, 2.24) is 0 Å². The lowest BCUT2D eigenvalue weighted by molar-refractivity contribution is 0.0764.